The molecule has 6 nitrogen and oxygen atoms in total. The first-order chi connectivity index (χ1) is 13.0. The van der Waals surface area contributed by atoms with Crippen molar-refractivity contribution in [2.45, 2.75) is 26.0 Å². The van der Waals surface area contributed by atoms with E-state index < -0.39 is 6.10 Å². The zero-order chi connectivity index (χ0) is 19.0. The summed E-state index contributed by atoms with van der Waals surface area (Å²) in [6.07, 6.45) is -0.690. The predicted molar refractivity (Wildman–Crippen MR) is 101 cm³/mol. The third-order valence-corrected chi connectivity index (χ3v) is 4.25. The smallest absolute Gasteiger partial charge is 0.264 e. The summed E-state index contributed by atoms with van der Waals surface area (Å²) in [6, 6.07) is 13.8. The number of fused-ring (bicyclic) bond motifs is 2. The standard InChI is InChI=1S/C21H19NO5/c1-12(2)22-21(24)20-11-25-19-9-13(7-8-17(19)27-20)18-10-15(23)14-5-3-4-6-16(14)26-18/h3-10,12,20H,11H2,1-2H3,(H,22,24). The zero-order valence-corrected chi connectivity index (χ0v) is 15.0. The first-order valence-corrected chi connectivity index (χ1v) is 8.78. The molecule has 0 bridgehead atoms. The number of para-hydroxylation sites is 1. The summed E-state index contributed by atoms with van der Waals surface area (Å²) in [5.74, 6) is 1.24. The average molecular weight is 365 g/mol. The van der Waals surface area contributed by atoms with Gasteiger partial charge in [-0.15, -0.1) is 0 Å². The molecule has 6 heteroatoms. The number of carbonyl (C=O) groups excluding carboxylic acids is 1. The largest absolute Gasteiger partial charge is 0.485 e. The van der Waals surface area contributed by atoms with Gasteiger partial charge in [0.25, 0.3) is 5.91 Å². The molecule has 2 heterocycles. The molecule has 0 spiro atoms. The van der Waals surface area contributed by atoms with Crippen LogP contribution in [-0.2, 0) is 4.79 Å². The molecule has 0 radical (unpaired) electrons. The van der Waals surface area contributed by atoms with Crippen LogP contribution in [0.4, 0.5) is 0 Å². The normalized spacial score (nSPS) is 15.7. The Morgan fingerprint density at radius 3 is 2.74 bits per heavy atom. The summed E-state index contributed by atoms with van der Waals surface area (Å²) in [4.78, 5) is 24.4. The molecule has 1 atom stereocenters. The summed E-state index contributed by atoms with van der Waals surface area (Å²) in [5.41, 5.74) is 1.12. The Morgan fingerprint density at radius 2 is 1.93 bits per heavy atom. The minimum Gasteiger partial charge on any atom is -0.485 e. The van der Waals surface area contributed by atoms with Crippen LogP contribution in [0, 0.1) is 0 Å². The van der Waals surface area contributed by atoms with Crippen LogP contribution in [0.2, 0.25) is 0 Å². The molecule has 1 aliphatic heterocycles. The van der Waals surface area contributed by atoms with Gasteiger partial charge in [-0.05, 0) is 44.2 Å². The maximum absolute atomic E-state index is 12.3. The topological polar surface area (TPSA) is 77.8 Å². The second-order valence-corrected chi connectivity index (χ2v) is 6.71. The molecule has 27 heavy (non-hydrogen) atoms. The Kier molecular flexibility index (Phi) is 4.32. The number of rotatable bonds is 3. The Hall–Kier alpha value is -3.28. The minimum absolute atomic E-state index is 0.0284. The molecular formula is C21H19NO5. The van der Waals surface area contributed by atoms with Gasteiger partial charge >= 0.3 is 0 Å². The van der Waals surface area contributed by atoms with Crippen molar-refractivity contribution in [1.82, 2.24) is 5.32 Å². The highest BCUT2D eigenvalue weighted by Gasteiger charge is 2.28. The van der Waals surface area contributed by atoms with Crippen LogP contribution in [-0.4, -0.2) is 24.7 Å². The summed E-state index contributed by atoms with van der Waals surface area (Å²) in [6.45, 7) is 3.90. The number of benzene rings is 2. The number of hydrogen-bond donors (Lipinski definition) is 1. The van der Waals surface area contributed by atoms with E-state index in [0.29, 0.717) is 33.8 Å². The lowest BCUT2D eigenvalue weighted by atomic mass is 10.1. The lowest BCUT2D eigenvalue weighted by molar-refractivity contribution is -0.130. The second-order valence-electron chi connectivity index (χ2n) is 6.71. The first kappa shape index (κ1) is 17.1. The number of ether oxygens (including phenoxy) is 2. The third-order valence-electron chi connectivity index (χ3n) is 4.25. The third kappa shape index (κ3) is 3.38. The SMILES string of the molecule is CC(C)NC(=O)C1COc2cc(-c3cc(=O)c4ccccc4o3)ccc2O1. The van der Waals surface area contributed by atoms with Crippen molar-refractivity contribution in [2.75, 3.05) is 6.61 Å². The van der Waals surface area contributed by atoms with E-state index in [0.717, 1.165) is 0 Å². The van der Waals surface area contributed by atoms with Crippen LogP contribution < -0.4 is 20.2 Å². The van der Waals surface area contributed by atoms with E-state index in [1.807, 2.05) is 19.9 Å². The number of hydrogen-bond acceptors (Lipinski definition) is 5. The lowest BCUT2D eigenvalue weighted by Crippen LogP contribution is -2.46. The number of nitrogens with one attached hydrogen (secondary N) is 1. The van der Waals surface area contributed by atoms with Gasteiger partial charge < -0.3 is 19.2 Å². The number of amides is 1. The molecule has 1 unspecified atom stereocenters. The van der Waals surface area contributed by atoms with Crippen LogP contribution in [0.3, 0.4) is 0 Å². The average Bonchev–Trinajstić information content (AvgIpc) is 2.66. The highest BCUT2D eigenvalue weighted by atomic mass is 16.6. The van der Waals surface area contributed by atoms with Crippen LogP contribution in [0.25, 0.3) is 22.3 Å². The van der Waals surface area contributed by atoms with Crippen LogP contribution in [0.5, 0.6) is 11.5 Å². The van der Waals surface area contributed by atoms with Crippen LogP contribution >= 0.6 is 0 Å². The highest BCUT2D eigenvalue weighted by molar-refractivity contribution is 5.82. The van der Waals surface area contributed by atoms with Gasteiger partial charge in [0.1, 0.15) is 18.0 Å². The maximum Gasteiger partial charge on any atom is 0.264 e. The molecule has 0 aliphatic carbocycles. The minimum atomic E-state index is -0.690. The predicted octanol–water partition coefficient (Wildman–Crippen LogP) is 3.12. The van der Waals surface area contributed by atoms with Gasteiger partial charge in [0.15, 0.2) is 16.9 Å². The maximum atomic E-state index is 12.3. The van der Waals surface area contributed by atoms with Crippen molar-refractivity contribution < 1.29 is 18.7 Å². The molecule has 1 aliphatic rings. The molecule has 1 N–H and O–H groups in total. The van der Waals surface area contributed by atoms with E-state index >= 15 is 0 Å². The van der Waals surface area contributed by atoms with Crippen molar-refractivity contribution in [3.8, 4) is 22.8 Å². The van der Waals surface area contributed by atoms with Gasteiger partial charge in [0.05, 0.1) is 5.39 Å². The molecule has 0 fully saturated rings. The Bertz CT molecular complexity index is 1070. The van der Waals surface area contributed by atoms with Crippen molar-refractivity contribution in [3.63, 3.8) is 0 Å². The number of carbonyl (C=O) groups is 1. The van der Waals surface area contributed by atoms with E-state index in [-0.39, 0.29) is 24.0 Å². The van der Waals surface area contributed by atoms with Crippen molar-refractivity contribution in [1.29, 1.82) is 0 Å². The summed E-state index contributed by atoms with van der Waals surface area (Å²) in [7, 11) is 0. The van der Waals surface area contributed by atoms with E-state index in [1.165, 1.54) is 6.07 Å². The van der Waals surface area contributed by atoms with Crippen LogP contribution in [0.1, 0.15) is 13.8 Å². The Morgan fingerprint density at radius 1 is 1.11 bits per heavy atom. The lowest BCUT2D eigenvalue weighted by Gasteiger charge is -2.26. The molecule has 3 aromatic rings. The van der Waals surface area contributed by atoms with Crippen LogP contribution in [0.15, 0.2) is 57.7 Å². The monoisotopic (exact) mass is 365 g/mol. The molecule has 4 rings (SSSR count). The fourth-order valence-corrected chi connectivity index (χ4v) is 2.98. The zero-order valence-electron chi connectivity index (χ0n) is 15.0. The van der Waals surface area contributed by atoms with Crippen molar-refractivity contribution in [2.24, 2.45) is 0 Å². The van der Waals surface area contributed by atoms with Gasteiger partial charge in [-0.25, -0.2) is 0 Å². The van der Waals surface area contributed by atoms with Crippen molar-refractivity contribution in [3.05, 3.63) is 58.8 Å². The molecule has 2 aromatic carbocycles. The van der Waals surface area contributed by atoms with Gasteiger partial charge in [-0.1, -0.05) is 12.1 Å². The van der Waals surface area contributed by atoms with E-state index in [2.05, 4.69) is 5.32 Å². The Labute approximate surface area is 155 Å². The summed E-state index contributed by atoms with van der Waals surface area (Å²) in [5, 5.41) is 3.35. The molecule has 0 saturated heterocycles. The molecule has 138 valence electrons. The molecule has 1 amide bonds. The second kappa shape index (κ2) is 6.79. The van der Waals surface area contributed by atoms with E-state index in [1.54, 1.807) is 36.4 Å². The summed E-state index contributed by atoms with van der Waals surface area (Å²) >= 11 is 0. The molecule has 1 aromatic heterocycles. The molecule has 0 saturated carbocycles. The van der Waals surface area contributed by atoms with E-state index in [4.69, 9.17) is 13.9 Å². The van der Waals surface area contributed by atoms with Gasteiger partial charge in [0, 0.05) is 17.7 Å². The highest BCUT2D eigenvalue weighted by Crippen LogP contribution is 2.36. The van der Waals surface area contributed by atoms with Gasteiger partial charge in [-0.2, -0.15) is 0 Å². The van der Waals surface area contributed by atoms with Gasteiger partial charge in [-0.3, -0.25) is 9.59 Å². The van der Waals surface area contributed by atoms with Crippen molar-refractivity contribution >= 4 is 16.9 Å². The fourth-order valence-electron chi connectivity index (χ4n) is 2.98. The fraction of sp³-hybridized carbons (Fsp3) is 0.238. The first-order valence-electron chi connectivity index (χ1n) is 8.78. The summed E-state index contributed by atoms with van der Waals surface area (Å²) < 4.78 is 17.3. The van der Waals surface area contributed by atoms with E-state index in [9.17, 15) is 9.59 Å². The van der Waals surface area contributed by atoms with Gasteiger partial charge in [0.2, 0.25) is 6.10 Å². The quantitative estimate of drug-likeness (QED) is 0.772. The molecular weight excluding hydrogens is 346 g/mol. The Balaban J connectivity index is 1.63.